The minimum atomic E-state index is -3.06. The molecule has 1 fully saturated rings. The Morgan fingerprint density at radius 2 is 1.96 bits per heavy atom. The van der Waals surface area contributed by atoms with Crippen LogP contribution in [0.25, 0.3) is 16.7 Å². The fourth-order valence-corrected chi connectivity index (χ4v) is 4.32. The summed E-state index contributed by atoms with van der Waals surface area (Å²) in [6.07, 6.45) is 3.02. The summed E-state index contributed by atoms with van der Waals surface area (Å²) in [6.45, 7) is 0.409. The molecule has 0 amide bonds. The average Bonchev–Trinajstić information content (AvgIpc) is 3.13. The molecule has 3 heterocycles. The number of rotatable bonds is 2. The largest absolute Gasteiger partial charge is 0.340 e. The van der Waals surface area contributed by atoms with Gasteiger partial charge in [-0.15, -0.1) is 0 Å². The fourth-order valence-electron chi connectivity index (χ4n) is 2.67. The third kappa shape index (κ3) is 2.60. The molecule has 124 valence electrons. The Balaban J connectivity index is 1.83. The van der Waals surface area contributed by atoms with Gasteiger partial charge in [0.2, 0.25) is 0 Å². The van der Waals surface area contributed by atoms with E-state index in [9.17, 15) is 8.42 Å². The van der Waals surface area contributed by atoms with Crippen LogP contribution in [0.15, 0.2) is 30.7 Å². The quantitative estimate of drug-likeness (QED) is 0.675. The third-order valence-corrected chi connectivity index (χ3v) is 6.07. The first-order valence-corrected chi connectivity index (χ1v) is 9.62. The highest BCUT2D eigenvalue weighted by molar-refractivity contribution is 7.91. The van der Waals surface area contributed by atoms with Gasteiger partial charge in [-0.25, -0.2) is 23.1 Å². The number of sulfone groups is 1. The van der Waals surface area contributed by atoms with E-state index in [1.807, 2.05) is 0 Å². The Labute approximate surface area is 147 Å². The Kier molecular flexibility index (Phi) is 3.63. The first-order valence-electron chi connectivity index (χ1n) is 7.04. The molecule has 7 nitrogen and oxygen atoms in total. The second kappa shape index (κ2) is 5.58. The minimum Gasteiger partial charge on any atom is -0.340 e. The molecule has 1 aromatic carbocycles. The summed E-state index contributed by atoms with van der Waals surface area (Å²) in [6, 6.07) is 5.16. The van der Waals surface area contributed by atoms with Gasteiger partial charge in [-0.2, -0.15) is 5.10 Å². The van der Waals surface area contributed by atoms with E-state index in [1.54, 1.807) is 34.0 Å². The summed E-state index contributed by atoms with van der Waals surface area (Å²) < 4.78 is 25.0. The highest BCUT2D eigenvalue weighted by Gasteiger charge is 2.28. The first kappa shape index (κ1) is 15.6. The van der Waals surface area contributed by atoms with Crippen LogP contribution in [0.1, 0.15) is 0 Å². The Morgan fingerprint density at radius 3 is 2.67 bits per heavy atom. The molecule has 0 saturated carbocycles. The summed E-state index contributed by atoms with van der Waals surface area (Å²) >= 11 is 12.0. The van der Waals surface area contributed by atoms with E-state index >= 15 is 0 Å². The van der Waals surface area contributed by atoms with Gasteiger partial charge in [0.05, 0.1) is 33.1 Å². The number of benzene rings is 1. The predicted molar refractivity (Wildman–Crippen MR) is 92.7 cm³/mol. The maximum absolute atomic E-state index is 11.7. The second-order valence-corrected chi connectivity index (χ2v) is 8.40. The Bertz CT molecular complexity index is 1050. The van der Waals surface area contributed by atoms with E-state index in [-0.39, 0.29) is 11.6 Å². The van der Waals surface area contributed by atoms with E-state index < -0.39 is 9.84 Å². The SMILES string of the molecule is O=S1(=O)CCN(c2ncnc3c2cnn3-c2ccc(Cl)c(Cl)c2)C1. The lowest BCUT2D eigenvalue weighted by Gasteiger charge is -2.15. The van der Waals surface area contributed by atoms with Crippen molar-refractivity contribution in [3.8, 4) is 5.69 Å². The van der Waals surface area contributed by atoms with Crippen LogP contribution in [0.2, 0.25) is 10.0 Å². The van der Waals surface area contributed by atoms with Crippen molar-refractivity contribution >= 4 is 49.9 Å². The van der Waals surface area contributed by atoms with Gasteiger partial charge >= 0.3 is 0 Å². The topological polar surface area (TPSA) is 81.0 Å². The van der Waals surface area contributed by atoms with Crippen molar-refractivity contribution in [3.05, 3.63) is 40.8 Å². The lowest BCUT2D eigenvalue weighted by Crippen LogP contribution is -2.21. The number of halogens is 2. The van der Waals surface area contributed by atoms with Gasteiger partial charge in [0.25, 0.3) is 0 Å². The van der Waals surface area contributed by atoms with E-state index in [0.29, 0.717) is 39.1 Å². The van der Waals surface area contributed by atoms with Crippen molar-refractivity contribution < 1.29 is 8.42 Å². The molecule has 1 aliphatic heterocycles. The summed E-state index contributed by atoms with van der Waals surface area (Å²) in [5.74, 6) is 0.642. The highest BCUT2D eigenvalue weighted by atomic mass is 35.5. The van der Waals surface area contributed by atoms with Crippen molar-refractivity contribution in [1.82, 2.24) is 19.7 Å². The maximum atomic E-state index is 11.7. The van der Waals surface area contributed by atoms with E-state index in [0.717, 1.165) is 0 Å². The number of nitrogens with zero attached hydrogens (tertiary/aromatic N) is 5. The maximum Gasteiger partial charge on any atom is 0.170 e. The molecule has 24 heavy (non-hydrogen) atoms. The monoisotopic (exact) mass is 383 g/mol. The van der Waals surface area contributed by atoms with Gasteiger partial charge in [0.1, 0.15) is 18.0 Å². The molecule has 2 aromatic heterocycles. The van der Waals surface area contributed by atoms with Crippen LogP contribution in [-0.2, 0) is 9.84 Å². The molecule has 0 unspecified atom stereocenters. The molecule has 3 aromatic rings. The molecule has 0 radical (unpaired) electrons. The molecular formula is C14H11Cl2N5O2S. The molecule has 0 N–H and O–H groups in total. The Hall–Kier alpha value is -1.90. The molecular weight excluding hydrogens is 373 g/mol. The zero-order chi connectivity index (χ0) is 16.9. The zero-order valence-electron chi connectivity index (χ0n) is 12.2. The first-order chi connectivity index (χ1) is 11.4. The van der Waals surface area contributed by atoms with Crippen LogP contribution >= 0.6 is 23.2 Å². The predicted octanol–water partition coefficient (Wildman–Crippen LogP) is 2.31. The molecule has 0 bridgehead atoms. The molecule has 0 atom stereocenters. The highest BCUT2D eigenvalue weighted by Crippen LogP contribution is 2.29. The smallest absolute Gasteiger partial charge is 0.170 e. The zero-order valence-corrected chi connectivity index (χ0v) is 14.6. The lowest BCUT2D eigenvalue weighted by molar-refractivity contribution is 0.602. The van der Waals surface area contributed by atoms with E-state index in [1.165, 1.54) is 6.33 Å². The van der Waals surface area contributed by atoms with Crippen LogP contribution in [0, 0.1) is 0 Å². The van der Waals surface area contributed by atoms with Crippen molar-refractivity contribution in [2.75, 3.05) is 23.1 Å². The van der Waals surface area contributed by atoms with Crippen molar-refractivity contribution in [1.29, 1.82) is 0 Å². The van der Waals surface area contributed by atoms with Crippen LogP contribution < -0.4 is 4.90 Å². The van der Waals surface area contributed by atoms with Gasteiger partial charge in [0.15, 0.2) is 15.5 Å². The van der Waals surface area contributed by atoms with Crippen LogP contribution in [-0.4, -0.2) is 46.3 Å². The fraction of sp³-hybridized carbons (Fsp3) is 0.214. The summed E-state index contributed by atoms with van der Waals surface area (Å²) in [7, 11) is -3.06. The normalized spacial score (nSPS) is 16.8. The molecule has 0 spiro atoms. The standard InChI is InChI=1S/C14H11Cl2N5O2S/c15-11-2-1-9(5-12(11)16)21-14-10(6-19-21)13(17-7-18-14)20-3-4-24(22,23)8-20/h1-2,5-7H,3-4,8H2. The lowest BCUT2D eigenvalue weighted by atomic mass is 10.3. The van der Waals surface area contributed by atoms with E-state index in [4.69, 9.17) is 23.2 Å². The van der Waals surface area contributed by atoms with Crippen LogP contribution in [0.4, 0.5) is 5.82 Å². The van der Waals surface area contributed by atoms with Crippen molar-refractivity contribution in [3.63, 3.8) is 0 Å². The molecule has 4 rings (SSSR count). The number of aromatic nitrogens is 4. The molecule has 1 saturated heterocycles. The molecule has 10 heteroatoms. The second-order valence-electron chi connectivity index (χ2n) is 5.43. The van der Waals surface area contributed by atoms with Gasteiger partial charge in [-0.3, -0.25) is 0 Å². The molecule has 0 aliphatic carbocycles. The average molecular weight is 384 g/mol. The van der Waals surface area contributed by atoms with Gasteiger partial charge in [-0.1, -0.05) is 23.2 Å². The summed E-state index contributed by atoms with van der Waals surface area (Å²) in [4.78, 5) is 10.2. The number of hydrogen-bond acceptors (Lipinski definition) is 6. The van der Waals surface area contributed by atoms with Crippen molar-refractivity contribution in [2.45, 2.75) is 0 Å². The van der Waals surface area contributed by atoms with Gasteiger partial charge in [-0.05, 0) is 18.2 Å². The number of fused-ring (bicyclic) bond motifs is 1. The summed E-state index contributed by atoms with van der Waals surface area (Å²) in [5.41, 5.74) is 1.28. The Morgan fingerprint density at radius 1 is 1.12 bits per heavy atom. The summed E-state index contributed by atoms with van der Waals surface area (Å²) in [5, 5.41) is 5.89. The molecule has 1 aliphatic rings. The van der Waals surface area contributed by atoms with Gasteiger partial charge in [0, 0.05) is 6.54 Å². The van der Waals surface area contributed by atoms with Gasteiger partial charge < -0.3 is 4.90 Å². The minimum absolute atomic E-state index is 0.0446. The van der Waals surface area contributed by atoms with Crippen LogP contribution in [0.3, 0.4) is 0 Å². The van der Waals surface area contributed by atoms with Crippen LogP contribution in [0.5, 0.6) is 0 Å². The van der Waals surface area contributed by atoms with Crippen molar-refractivity contribution in [2.24, 2.45) is 0 Å². The number of hydrogen-bond donors (Lipinski definition) is 0. The number of anilines is 1. The van der Waals surface area contributed by atoms with E-state index in [2.05, 4.69) is 15.1 Å². The third-order valence-electron chi connectivity index (χ3n) is 3.82.